The zero-order valence-corrected chi connectivity index (χ0v) is 21.8. The van der Waals surface area contributed by atoms with Crippen molar-refractivity contribution in [1.29, 1.82) is 0 Å². The van der Waals surface area contributed by atoms with Crippen LogP contribution in [0.2, 0.25) is 0 Å². The van der Waals surface area contributed by atoms with Gasteiger partial charge >= 0.3 is 0 Å². The van der Waals surface area contributed by atoms with Gasteiger partial charge < -0.3 is 20.1 Å². The number of hydrogen-bond donors (Lipinski definition) is 2. The first-order valence-corrected chi connectivity index (χ1v) is 12.6. The highest BCUT2D eigenvalue weighted by molar-refractivity contribution is 6.10. The Labute approximate surface area is 225 Å². The van der Waals surface area contributed by atoms with Crippen LogP contribution in [-0.2, 0) is 9.59 Å². The number of amides is 1. The number of carbonyl (C=O) groups is 2. The van der Waals surface area contributed by atoms with Gasteiger partial charge in [-0.05, 0) is 55.2 Å². The Morgan fingerprint density at radius 2 is 1.67 bits per heavy atom. The van der Waals surface area contributed by atoms with Crippen LogP contribution in [0.3, 0.4) is 0 Å². The summed E-state index contributed by atoms with van der Waals surface area (Å²) in [5.74, 6) is -2.60. The fourth-order valence-electron chi connectivity index (χ4n) is 5.48. The van der Waals surface area contributed by atoms with E-state index in [1.54, 1.807) is 25.1 Å². The number of rotatable bonds is 6. The Balaban J connectivity index is 1.64. The van der Waals surface area contributed by atoms with Gasteiger partial charge in [0.05, 0.1) is 20.1 Å². The molecule has 0 fully saturated rings. The van der Waals surface area contributed by atoms with Crippen molar-refractivity contribution in [2.24, 2.45) is 0 Å². The predicted octanol–water partition coefficient (Wildman–Crippen LogP) is 5.98. The zero-order valence-electron chi connectivity index (χ0n) is 21.8. The van der Waals surface area contributed by atoms with Crippen molar-refractivity contribution in [2.45, 2.75) is 31.6 Å². The van der Waals surface area contributed by atoms with Crippen LogP contribution >= 0.6 is 0 Å². The van der Waals surface area contributed by atoms with Gasteiger partial charge in [-0.1, -0.05) is 36.4 Å². The molecule has 0 radical (unpaired) electrons. The number of ether oxygens (including phenoxy) is 2. The topological polar surface area (TPSA) is 76.7 Å². The average Bonchev–Trinajstić information content (AvgIpc) is 2.94. The molecule has 0 saturated carbocycles. The van der Waals surface area contributed by atoms with Gasteiger partial charge in [0.1, 0.15) is 28.8 Å². The van der Waals surface area contributed by atoms with Gasteiger partial charge in [-0.3, -0.25) is 9.59 Å². The van der Waals surface area contributed by atoms with Crippen LogP contribution < -0.4 is 20.1 Å². The van der Waals surface area contributed by atoms with Crippen LogP contribution in [0.25, 0.3) is 0 Å². The van der Waals surface area contributed by atoms with E-state index in [4.69, 9.17) is 9.47 Å². The van der Waals surface area contributed by atoms with Gasteiger partial charge in [-0.15, -0.1) is 0 Å². The van der Waals surface area contributed by atoms with Gasteiger partial charge in [-0.25, -0.2) is 8.78 Å². The van der Waals surface area contributed by atoms with E-state index in [0.717, 1.165) is 17.7 Å². The van der Waals surface area contributed by atoms with Gasteiger partial charge in [-0.2, -0.15) is 0 Å². The van der Waals surface area contributed by atoms with E-state index in [1.165, 1.54) is 20.3 Å². The molecule has 2 unspecified atom stereocenters. The Morgan fingerprint density at radius 3 is 2.33 bits per heavy atom. The molecule has 1 aliphatic heterocycles. The average molecular weight is 531 g/mol. The van der Waals surface area contributed by atoms with Crippen molar-refractivity contribution in [1.82, 2.24) is 5.32 Å². The van der Waals surface area contributed by atoms with Crippen LogP contribution in [0.5, 0.6) is 11.5 Å². The van der Waals surface area contributed by atoms with Crippen LogP contribution in [0.4, 0.5) is 14.5 Å². The highest BCUT2D eigenvalue weighted by Gasteiger charge is 2.42. The summed E-state index contributed by atoms with van der Waals surface area (Å²) in [5.41, 5.74) is 2.80. The van der Waals surface area contributed by atoms with Crippen LogP contribution in [0, 0.1) is 11.6 Å². The SMILES string of the molecule is COc1ccc(OC)c(C2C(C(=O)Nc3c(F)cccc3F)=C(C)NC3=C2C(=O)CC(c2ccccc2)C3)c1. The fraction of sp³-hybridized carbons (Fsp3) is 0.226. The van der Waals surface area contributed by atoms with E-state index in [1.807, 2.05) is 30.3 Å². The Hall–Kier alpha value is -4.46. The summed E-state index contributed by atoms with van der Waals surface area (Å²) in [6.45, 7) is 1.71. The largest absolute Gasteiger partial charge is 0.497 e. The zero-order chi connectivity index (χ0) is 27.7. The first kappa shape index (κ1) is 26.2. The number of dihydropyridines is 1. The van der Waals surface area contributed by atoms with Gasteiger partial charge in [0.15, 0.2) is 5.78 Å². The van der Waals surface area contributed by atoms with Crippen molar-refractivity contribution in [3.63, 3.8) is 0 Å². The molecule has 1 heterocycles. The van der Waals surface area contributed by atoms with E-state index < -0.39 is 29.1 Å². The second-order valence-corrected chi connectivity index (χ2v) is 9.59. The molecule has 6 nitrogen and oxygen atoms in total. The molecule has 0 spiro atoms. The van der Waals surface area contributed by atoms with Gasteiger partial charge in [0, 0.05) is 34.5 Å². The minimum atomic E-state index is -0.903. The minimum absolute atomic E-state index is 0.0338. The van der Waals surface area contributed by atoms with E-state index in [0.29, 0.717) is 40.5 Å². The smallest absolute Gasteiger partial charge is 0.254 e. The number of halogens is 2. The van der Waals surface area contributed by atoms with Crippen LogP contribution in [0.15, 0.2) is 89.3 Å². The molecular formula is C31H28F2N2O4. The van der Waals surface area contributed by atoms with E-state index >= 15 is 0 Å². The summed E-state index contributed by atoms with van der Waals surface area (Å²) < 4.78 is 40.0. The third kappa shape index (κ3) is 4.90. The highest BCUT2D eigenvalue weighted by atomic mass is 19.1. The normalized spacial score (nSPS) is 18.8. The summed E-state index contributed by atoms with van der Waals surface area (Å²) in [6.07, 6.45) is 0.811. The first-order valence-electron chi connectivity index (χ1n) is 12.6. The van der Waals surface area contributed by atoms with Crippen molar-refractivity contribution >= 4 is 17.4 Å². The molecule has 8 heteroatoms. The van der Waals surface area contributed by atoms with Crippen molar-refractivity contribution in [3.8, 4) is 11.5 Å². The molecule has 3 aromatic carbocycles. The summed E-state index contributed by atoms with van der Waals surface area (Å²) >= 11 is 0. The molecule has 0 aromatic heterocycles. The highest BCUT2D eigenvalue weighted by Crippen LogP contribution is 2.48. The fourth-order valence-corrected chi connectivity index (χ4v) is 5.48. The number of anilines is 1. The van der Waals surface area contributed by atoms with Gasteiger partial charge in [0.25, 0.3) is 5.91 Å². The molecule has 39 heavy (non-hydrogen) atoms. The van der Waals surface area contributed by atoms with Crippen molar-refractivity contribution in [3.05, 3.63) is 112 Å². The van der Waals surface area contributed by atoms with E-state index in [9.17, 15) is 18.4 Å². The molecule has 1 aliphatic carbocycles. The number of para-hydroxylation sites is 1. The number of methoxy groups -OCH3 is 2. The molecule has 3 aromatic rings. The Kier molecular flexibility index (Phi) is 7.19. The number of Topliss-reactive ketones (excluding diaryl/α,β-unsaturated/α-hetero) is 1. The Morgan fingerprint density at radius 1 is 0.949 bits per heavy atom. The molecule has 1 amide bonds. The number of hydrogen-bond acceptors (Lipinski definition) is 5. The molecule has 0 saturated heterocycles. The Bertz CT molecular complexity index is 1490. The first-order chi connectivity index (χ1) is 18.8. The maximum atomic E-state index is 14.5. The maximum Gasteiger partial charge on any atom is 0.254 e. The van der Waals surface area contributed by atoms with E-state index in [-0.39, 0.29) is 23.7 Å². The molecular weight excluding hydrogens is 502 g/mol. The quantitative estimate of drug-likeness (QED) is 0.410. The van der Waals surface area contributed by atoms with E-state index in [2.05, 4.69) is 10.6 Å². The number of nitrogens with one attached hydrogen (secondary N) is 2. The lowest BCUT2D eigenvalue weighted by Crippen LogP contribution is -2.37. The molecule has 200 valence electrons. The number of allylic oxidation sites excluding steroid dienone is 3. The lowest BCUT2D eigenvalue weighted by Gasteiger charge is -2.37. The standard InChI is InChI=1S/C31H28F2N2O4/c1-17-27(31(37)35-30-22(32)10-7-11-23(30)33)28(21-16-20(38-2)12-13-26(21)39-3)29-24(34-17)14-19(15-25(29)36)18-8-5-4-6-9-18/h4-13,16,19,28,34H,14-15H2,1-3H3,(H,35,37). The molecule has 2 atom stereocenters. The van der Waals surface area contributed by atoms with Crippen molar-refractivity contribution in [2.75, 3.05) is 19.5 Å². The summed E-state index contributed by atoms with van der Waals surface area (Å²) in [6, 6.07) is 18.3. The number of benzene rings is 3. The minimum Gasteiger partial charge on any atom is -0.497 e. The summed E-state index contributed by atoms with van der Waals surface area (Å²) in [7, 11) is 3.02. The second-order valence-electron chi connectivity index (χ2n) is 9.59. The number of carbonyl (C=O) groups excluding carboxylic acids is 2. The van der Waals surface area contributed by atoms with Crippen LogP contribution in [-0.4, -0.2) is 25.9 Å². The van der Waals surface area contributed by atoms with Crippen molar-refractivity contribution < 1.29 is 27.8 Å². The van der Waals surface area contributed by atoms with Gasteiger partial charge in [0.2, 0.25) is 0 Å². The lowest BCUT2D eigenvalue weighted by atomic mass is 9.71. The predicted molar refractivity (Wildman–Crippen MR) is 144 cm³/mol. The maximum absolute atomic E-state index is 14.5. The van der Waals surface area contributed by atoms with Crippen LogP contribution in [0.1, 0.15) is 42.7 Å². The molecule has 0 bridgehead atoms. The molecule has 2 N–H and O–H groups in total. The third-order valence-electron chi connectivity index (χ3n) is 7.29. The lowest BCUT2D eigenvalue weighted by molar-refractivity contribution is -0.116. The molecule has 2 aliphatic rings. The number of ketones is 1. The monoisotopic (exact) mass is 530 g/mol. The second kappa shape index (κ2) is 10.7. The summed E-state index contributed by atoms with van der Waals surface area (Å²) in [4.78, 5) is 27.6. The summed E-state index contributed by atoms with van der Waals surface area (Å²) in [5, 5.41) is 5.67. The molecule has 5 rings (SSSR count). The third-order valence-corrected chi connectivity index (χ3v) is 7.29.